The van der Waals surface area contributed by atoms with Crippen LogP contribution in [0.4, 0.5) is 9.93 Å². The van der Waals surface area contributed by atoms with E-state index >= 15 is 0 Å². The highest BCUT2D eigenvalue weighted by molar-refractivity contribution is 7.15. The van der Waals surface area contributed by atoms with E-state index in [9.17, 15) is 9.90 Å². The van der Waals surface area contributed by atoms with Gasteiger partial charge in [0.1, 0.15) is 5.01 Å². The van der Waals surface area contributed by atoms with Crippen LogP contribution in [0.15, 0.2) is 0 Å². The number of rotatable bonds is 3. The van der Waals surface area contributed by atoms with E-state index in [1.807, 2.05) is 0 Å². The monoisotopic (exact) mass is 282 g/mol. The molecule has 6 nitrogen and oxygen atoms in total. The number of aliphatic hydroxyl groups is 1. The molecule has 1 aromatic heterocycles. The first-order valence-corrected chi connectivity index (χ1v) is 7.63. The third kappa shape index (κ3) is 3.22. The zero-order chi connectivity index (χ0) is 13.2. The van der Waals surface area contributed by atoms with Crippen molar-refractivity contribution >= 4 is 22.5 Å². The first kappa shape index (κ1) is 12.8. The van der Waals surface area contributed by atoms with E-state index < -0.39 is 6.10 Å². The Hall–Kier alpha value is -1.21. The first-order valence-electron chi connectivity index (χ1n) is 6.81. The van der Waals surface area contributed by atoms with Crippen LogP contribution in [-0.4, -0.2) is 33.5 Å². The summed E-state index contributed by atoms with van der Waals surface area (Å²) in [4.78, 5) is 11.8. The van der Waals surface area contributed by atoms with Gasteiger partial charge in [-0.25, -0.2) is 4.79 Å². The number of carbonyl (C=O) groups is 1. The van der Waals surface area contributed by atoms with Crippen LogP contribution < -0.4 is 10.6 Å². The largest absolute Gasteiger partial charge is 0.391 e. The van der Waals surface area contributed by atoms with E-state index in [-0.39, 0.29) is 12.1 Å². The Kier molecular flexibility index (Phi) is 3.65. The van der Waals surface area contributed by atoms with E-state index in [2.05, 4.69) is 20.8 Å². The molecule has 19 heavy (non-hydrogen) atoms. The van der Waals surface area contributed by atoms with Gasteiger partial charge >= 0.3 is 6.03 Å². The maximum absolute atomic E-state index is 11.8. The average molecular weight is 282 g/mol. The van der Waals surface area contributed by atoms with Crippen LogP contribution in [0.3, 0.4) is 0 Å². The topological polar surface area (TPSA) is 87.1 Å². The van der Waals surface area contributed by atoms with Gasteiger partial charge in [-0.15, -0.1) is 10.2 Å². The molecule has 0 saturated heterocycles. The van der Waals surface area contributed by atoms with Crippen molar-refractivity contribution in [1.29, 1.82) is 0 Å². The number of nitrogens with zero attached hydrogens (tertiary/aromatic N) is 2. The minimum Gasteiger partial charge on any atom is -0.391 e. The molecule has 0 bridgehead atoms. The summed E-state index contributed by atoms with van der Waals surface area (Å²) in [6.07, 6.45) is 5.59. The molecule has 104 valence electrons. The fraction of sp³-hybridized carbons (Fsp3) is 0.750. The van der Waals surface area contributed by atoms with Crippen molar-refractivity contribution in [3.8, 4) is 0 Å². The highest BCUT2D eigenvalue weighted by Crippen LogP contribution is 2.42. The molecule has 1 heterocycles. The summed E-state index contributed by atoms with van der Waals surface area (Å²) in [5.41, 5.74) is 0. The number of amides is 2. The summed E-state index contributed by atoms with van der Waals surface area (Å²) in [6, 6.07) is -0.450. The molecule has 2 atom stereocenters. The second kappa shape index (κ2) is 5.42. The molecule has 2 amide bonds. The molecule has 2 aliphatic carbocycles. The zero-order valence-electron chi connectivity index (χ0n) is 10.6. The van der Waals surface area contributed by atoms with Gasteiger partial charge in [-0.1, -0.05) is 24.2 Å². The summed E-state index contributed by atoms with van der Waals surface area (Å²) in [5, 5.41) is 24.9. The van der Waals surface area contributed by atoms with Crippen molar-refractivity contribution in [1.82, 2.24) is 15.5 Å². The number of hydrogen-bond donors (Lipinski definition) is 3. The van der Waals surface area contributed by atoms with E-state index in [0.717, 1.165) is 30.7 Å². The van der Waals surface area contributed by atoms with E-state index in [1.54, 1.807) is 0 Å². The van der Waals surface area contributed by atoms with Crippen LogP contribution in [-0.2, 0) is 0 Å². The number of anilines is 1. The molecule has 3 N–H and O–H groups in total. The third-order valence-electron chi connectivity index (χ3n) is 3.63. The van der Waals surface area contributed by atoms with E-state index in [0.29, 0.717) is 11.0 Å². The van der Waals surface area contributed by atoms with E-state index in [1.165, 1.54) is 24.2 Å². The third-order valence-corrected chi connectivity index (χ3v) is 4.63. The molecular formula is C12H18N4O2S. The lowest BCUT2D eigenvalue weighted by Crippen LogP contribution is -2.46. The highest BCUT2D eigenvalue weighted by Gasteiger charge is 2.28. The van der Waals surface area contributed by atoms with Gasteiger partial charge in [0.2, 0.25) is 5.13 Å². The highest BCUT2D eigenvalue weighted by atomic mass is 32.1. The minimum atomic E-state index is -0.434. The van der Waals surface area contributed by atoms with Crippen molar-refractivity contribution in [2.24, 2.45) is 0 Å². The molecule has 0 aliphatic heterocycles. The lowest BCUT2D eigenvalue weighted by atomic mass is 9.93. The van der Waals surface area contributed by atoms with Crippen molar-refractivity contribution in [2.75, 3.05) is 5.32 Å². The van der Waals surface area contributed by atoms with Crippen LogP contribution >= 0.6 is 11.3 Å². The fourth-order valence-electron chi connectivity index (χ4n) is 2.36. The van der Waals surface area contributed by atoms with Crippen molar-refractivity contribution in [3.63, 3.8) is 0 Å². The molecule has 0 spiro atoms. The Morgan fingerprint density at radius 2 is 2.00 bits per heavy atom. The number of aromatic nitrogens is 2. The lowest BCUT2D eigenvalue weighted by molar-refractivity contribution is 0.0955. The molecule has 7 heteroatoms. The van der Waals surface area contributed by atoms with Crippen LogP contribution in [0, 0.1) is 0 Å². The molecule has 0 aromatic carbocycles. The van der Waals surface area contributed by atoms with E-state index in [4.69, 9.17) is 0 Å². The number of carbonyl (C=O) groups excluding carboxylic acids is 1. The van der Waals surface area contributed by atoms with Gasteiger partial charge in [0.05, 0.1) is 12.1 Å². The number of urea groups is 1. The van der Waals surface area contributed by atoms with Crippen molar-refractivity contribution in [2.45, 2.75) is 56.6 Å². The van der Waals surface area contributed by atoms with Crippen LogP contribution in [0.5, 0.6) is 0 Å². The average Bonchev–Trinajstić information content (AvgIpc) is 3.14. The number of aliphatic hydroxyl groups excluding tert-OH is 1. The number of nitrogens with one attached hydrogen (secondary N) is 2. The smallest absolute Gasteiger partial charge is 0.321 e. The van der Waals surface area contributed by atoms with Gasteiger partial charge in [-0.2, -0.15) is 0 Å². The Labute approximate surface area is 115 Å². The summed E-state index contributed by atoms with van der Waals surface area (Å²) < 4.78 is 0. The molecule has 2 aliphatic rings. The Morgan fingerprint density at radius 3 is 2.74 bits per heavy atom. The first-order chi connectivity index (χ1) is 9.22. The zero-order valence-corrected chi connectivity index (χ0v) is 11.4. The maximum atomic E-state index is 11.8. The van der Waals surface area contributed by atoms with Gasteiger partial charge in [-0.3, -0.25) is 5.32 Å². The Balaban J connectivity index is 1.52. The van der Waals surface area contributed by atoms with Crippen LogP contribution in [0.25, 0.3) is 0 Å². The normalized spacial score (nSPS) is 27.0. The van der Waals surface area contributed by atoms with Crippen LogP contribution in [0.2, 0.25) is 0 Å². The quantitative estimate of drug-likeness (QED) is 0.789. The number of hydrogen-bond acceptors (Lipinski definition) is 5. The maximum Gasteiger partial charge on any atom is 0.321 e. The van der Waals surface area contributed by atoms with Gasteiger partial charge in [0.15, 0.2) is 0 Å². The second-order valence-electron chi connectivity index (χ2n) is 5.28. The minimum absolute atomic E-state index is 0.149. The van der Waals surface area contributed by atoms with Gasteiger partial charge in [0.25, 0.3) is 0 Å². The molecule has 0 radical (unpaired) electrons. The molecule has 1 aromatic rings. The molecule has 0 unspecified atom stereocenters. The Morgan fingerprint density at radius 1 is 1.21 bits per heavy atom. The summed E-state index contributed by atoms with van der Waals surface area (Å²) in [7, 11) is 0. The predicted molar refractivity (Wildman–Crippen MR) is 72.3 cm³/mol. The summed E-state index contributed by atoms with van der Waals surface area (Å²) in [5.74, 6) is 0.552. The predicted octanol–water partition coefficient (Wildman–Crippen LogP) is 1.84. The summed E-state index contributed by atoms with van der Waals surface area (Å²) in [6.45, 7) is 0. The molecule has 2 fully saturated rings. The second-order valence-corrected chi connectivity index (χ2v) is 6.29. The summed E-state index contributed by atoms with van der Waals surface area (Å²) >= 11 is 1.44. The van der Waals surface area contributed by atoms with Crippen molar-refractivity contribution < 1.29 is 9.90 Å². The Bertz CT molecular complexity index is 460. The molecule has 3 rings (SSSR count). The fourth-order valence-corrected chi connectivity index (χ4v) is 3.27. The van der Waals surface area contributed by atoms with Gasteiger partial charge < -0.3 is 10.4 Å². The van der Waals surface area contributed by atoms with Crippen molar-refractivity contribution in [3.05, 3.63) is 5.01 Å². The van der Waals surface area contributed by atoms with Crippen LogP contribution in [0.1, 0.15) is 49.5 Å². The lowest BCUT2D eigenvalue weighted by Gasteiger charge is -2.28. The van der Waals surface area contributed by atoms with Gasteiger partial charge in [0, 0.05) is 5.92 Å². The molecular weight excluding hydrogens is 264 g/mol. The van der Waals surface area contributed by atoms with Gasteiger partial charge in [-0.05, 0) is 25.7 Å². The molecule has 2 saturated carbocycles. The standard InChI is InChI=1S/C12H18N4O2S/c17-9-4-2-1-3-8(9)13-11(18)14-12-16-15-10(19-12)7-5-6-7/h7-9,17H,1-6H2,(H2,13,14,16,18)/t8-,9-/m1/s1. The SMILES string of the molecule is O=C(Nc1nnc(C2CC2)s1)N[C@@H]1CCCC[C@H]1O.